The topological polar surface area (TPSA) is 69.6 Å². The summed E-state index contributed by atoms with van der Waals surface area (Å²) in [7, 11) is 0. The molecule has 4 nitrogen and oxygen atoms in total. The Hall–Kier alpha value is -0.610. The normalized spacial score (nSPS) is 27.6. The summed E-state index contributed by atoms with van der Waals surface area (Å²) < 4.78 is 0. The number of rotatable bonds is 6. The third-order valence-electron chi connectivity index (χ3n) is 3.48. The molecule has 1 fully saturated rings. The fraction of sp³-hybridized carbons (Fsp3) is 0.917. The first-order chi connectivity index (χ1) is 7.63. The van der Waals surface area contributed by atoms with Gasteiger partial charge in [-0.25, -0.2) is 0 Å². The van der Waals surface area contributed by atoms with Crippen molar-refractivity contribution in [1.29, 1.82) is 0 Å². The SMILES string of the molecule is CCC(O)CNCC1CCC(C(=O)O)CC1. The van der Waals surface area contributed by atoms with Gasteiger partial charge in [-0.1, -0.05) is 6.92 Å². The van der Waals surface area contributed by atoms with Gasteiger partial charge in [0.1, 0.15) is 0 Å². The zero-order chi connectivity index (χ0) is 12.0. The third-order valence-corrected chi connectivity index (χ3v) is 3.48. The highest BCUT2D eigenvalue weighted by Gasteiger charge is 2.25. The highest BCUT2D eigenvalue weighted by molar-refractivity contribution is 5.69. The quantitative estimate of drug-likeness (QED) is 0.641. The van der Waals surface area contributed by atoms with Crippen LogP contribution in [0.2, 0.25) is 0 Å². The van der Waals surface area contributed by atoms with E-state index in [0.29, 0.717) is 12.5 Å². The second-order valence-corrected chi connectivity index (χ2v) is 4.78. The summed E-state index contributed by atoms with van der Waals surface area (Å²) in [5.74, 6) is -0.190. The standard InChI is InChI=1S/C12H23NO3/c1-2-11(14)8-13-7-9-3-5-10(6-4-9)12(15)16/h9-11,13-14H,2-8H2,1H3,(H,15,16). The lowest BCUT2D eigenvalue weighted by Crippen LogP contribution is -2.33. The van der Waals surface area contributed by atoms with E-state index in [9.17, 15) is 9.90 Å². The predicted octanol–water partition coefficient (Wildman–Crippen LogP) is 1.24. The van der Waals surface area contributed by atoms with Gasteiger partial charge >= 0.3 is 5.97 Å². The minimum absolute atomic E-state index is 0.127. The first kappa shape index (κ1) is 13.5. The van der Waals surface area contributed by atoms with Crippen molar-refractivity contribution in [2.75, 3.05) is 13.1 Å². The second-order valence-electron chi connectivity index (χ2n) is 4.78. The molecule has 0 amide bonds. The molecule has 1 unspecified atom stereocenters. The van der Waals surface area contributed by atoms with E-state index >= 15 is 0 Å². The van der Waals surface area contributed by atoms with E-state index in [1.165, 1.54) is 0 Å². The van der Waals surface area contributed by atoms with Gasteiger partial charge in [-0.3, -0.25) is 4.79 Å². The van der Waals surface area contributed by atoms with Gasteiger partial charge in [0.15, 0.2) is 0 Å². The van der Waals surface area contributed by atoms with Gasteiger partial charge in [-0.05, 0) is 44.6 Å². The van der Waals surface area contributed by atoms with Crippen LogP contribution in [-0.4, -0.2) is 35.4 Å². The van der Waals surface area contributed by atoms with Crippen LogP contribution in [0.1, 0.15) is 39.0 Å². The van der Waals surface area contributed by atoms with Gasteiger partial charge in [-0.15, -0.1) is 0 Å². The maximum absolute atomic E-state index is 10.8. The molecular formula is C12H23NO3. The van der Waals surface area contributed by atoms with Crippen molar-refractivity contribution >= 4 is 5.97 Å². The van der Waals surface area contributed by atoms with Gasteiger partial charge in [0.05, 0.1) is 12.0 Å². The number of aliphatic carboxylic acids is 1. The smallest absolute Gasteiger partial charge is 0.306 e. The van der Waals surface area contributed by atoms with E-state index in [-0.39, 0.29) is 12.0 Å². The number of nitrogens with one attached hydrogen (secondary N) is 1. The van der Waals surface area contributed by atoms with Crippen molar-refractivity contribution in [2.24, 2.45) is 11.8 Å². The first-order valence-electron chi connectivity index (χ1n) is 6.25. The van der Waals surface area contributed by atoms with Crippen molar-refractivity contribution in [1.82, 2.24) is 5.32 Å². The van der Waals surface area contributed by atoms with Crippen LogP contribution in [-0.2, 0) is 4.79 Å². The summed E-state index contributed by atoms with van der Waals surface area (Å²) in [6, 6.07) is 0. The first-order valence-corrected chi connectivity index (χ1v) is 6.25. The second kappa shape index (κ2) is 6.86. The molecule has 0 radical (unpaired) electrons. The van der Waals surface area contributed by atoms with Crippen LogP contribution in [0.4, 0.5) is 0 Å². The Labute approximate surface area is 97.0 Å². The molecule has 0 aromatic rings. The van der Waals surface area contributed by atoms with E-state index in [2.05, 4.69) is 5.32 Å². The van der Waals surface area contributed by atoms with E-state index in [0.717, 1.165) is 38.6 Å². The molecule has 1 rings (SSSR count). The molecule has 1 aliphatic rings. The maximum atomic E-state index is 10.8. The fourth-order valence-electron chi connectivity index (χ4n) is 2.21. The van der Waals surface area contributed by atoms with Crippen molar-refractivity contribution in [3.63, 3.8) is 0 Å². The summed E-state index contributed by atoms with van der Waals surface area (Å²) in [6.45, 7) is 3.52. The molecule has 0 aliphatic heterocycles. The molecular weight excluding hydrogens is 206 g/mol. The number of carboxylic acid groups (broad SMARTS) is 1. The van der Waals surface area contributed by atoms with Crippen molar-refractivity contribution in [2.45, 2.75) is 45.1 Å². The highest BCUT2D eigenvalue weighted by Crippen LogP contribution is 2.28. The maximum Gasteiger partial charge on any atom is 0.306 e. The molecule has 1 atom stereocenters. The van der Waals surface area contributed by atoms with E-state index in [1.54, 1.807) is 0 Å². The number of aliphatic hydroxyl groups is 1. The van der Waals surface area contributed by atoms with Crippen LogP contribution >= 0.6 is 0 Å². The van der Waals surface area contributed by atoms with Crippen molar-refractivity contribution < 1.29 is 15.0 Å². The lowest BCUT2D eigenvalue weighted by Gasteiger charge is -2.26. The average Bonchev–Trinajstić information content (AvgIpc) is 2.29. The van der Waals surface area contributed by atoms with Crippen LogP contribution in [0.3, 0.4) is 0 Å². The van der Waals surface area contributed by atoms with Crippen LogP contribution in [0.5, 0.6) is 0 Å². The molecule has 0 heterocycles. The number of aliphatic hydroxyl groups excluding tert-OH is 1. The Morgan fingerprint density at radius 1 is 1.38 bits per heavy atom. The van der Waals surface area contributed by atoms with Gasteiger partial charge < -0.3 is 15.5 Å². The molecule has 94 valence electrons. The number of carbonyl (C=O) groups is 1. The van der Waals surface area contributed by atoms with Gasteiger partial charge in [0.25, 0.3) is 0 Å². The number of hydrogen-bond donors (Lipinski definition) is 3. The number of carboxylic acids is 1. The fourth-order valence-corrected chi connectivity index (χ4v) is 2.21. The molecule has 3 N–H and O–H groups in total. The molecule has 0 spiro atoms. The molecule has 0 aromatic carbocycles. The number of hydrogen-bond acceptors (Lipinski definition) is 3. The van der Waals surface area contributed by atoms with Crippen LogP contribution in [0.15, 0.2) is 0 Å². The lowest BCUT2D eigenvalue weighted by atomic mass is 9.82. The van der Waals surface area contributed by atoms with E-state index in [4.69, 9.17) is 5.11 Å². The minimum atomic E-state index is -0.646. The largest absolute Gasteiger partial charge is 0.481 e. The van der Waals surface area contributed by atoms with Gasteiger partial charge in [0, 0.05) is 6.54 Å². The Kier molecular flexibility index (Phi) is 5.77. The van der Waals surface area contributed by atoms with Crippen LogP contribution in [0.25, 0.3) is 0 Å². The zero-order valence-corrected chi connectivity index (χ0v) is 9.98. The van der Waals surface area contributed by atoms with Gasteiger partial charge in [0.2, 0.25) is 0 Å². The summed E-state index contributed by atoms with van der Waals surface area (Å²) in [5.41, 5.74) is 0. The Morgan fingerprint density at radius 3 is 2.50 bits per heavy atom. The third kappa shape index (κ3) is 4.49. The predicted molar refractivity (Wildman–Crippen MR) is 62.3 cm³/mol. The highest BCUT2D eigenvalue weighted by atomic mass is 16.4. The zero-order valence-electron chi connectivity index (χ0n) is 9.98. The minimum Gasteiger partial charge on any atom is -0.481 e. The summed E-state index contributed by atoms with van der Waals surface area (Å²) in [6.07, 6.45) is 4.11. The van der Waals surface area contributed by atoms with E-state index in [1.807, 2.05) is 6.92 Å². The lowest BCUT2D eigenvalue weighted by molar-refractivity contribution is -0.143. The Bertz CT molecular complexity index is 212. The molecule has 0 aromatic heterocycles. The molecule has 1 saturated carbocycles. The van der Waals surface area contributed by atoms with Crippen LogP contribution < -0.4 is 5.32 Å². The summed E-state index contributed by atoms with van der Waals surface area (Å²) in [4.78, 5) is 10.8. The Balaban J connectivity index is 2.10. The van der Waals surface area contributed by atoms with E-state index < -0.39 is 5.97 Å². The Morgan fingerprint density at radius 2 is 2.00 bits per heavy atom. The van der Waals surface area contributed by atoms with Gasteiger partial charge in [-0.2, -0.15) is 0 Å². The van der Waals surface area contributed by atoms with Crippen molar-refractivity contribution in [3.8, 4) is 0 Å². The molecule has 0 bridgehead atoms. The molecule has 1 aliphatic carbocycles. The monoisotopic (exact) mass is 229 g/mol. The molecule has 0 saturated heterocycles. The summed E-state index contributed by atoms with van der Waals surface area (Å²) >= 11 is 0. The summed E-state index contributed by atoms with van der Waals surface area (Å²) in [5, 5.41) is 21.5. The average molecular weight is 229 g/mol. The van der Waals surface area contributed by atoms with Crippen LogP contribution in [0, 0.1) is 11.8 Å². The molecule has 16 heavy (non-hydrogen) atoms. The van der Waals surface area contributed by atoms with Crippen molar-refractivity contribution in [3.05, 3.63) is 0 Å². The molecule has 4 heteroatoms.